The second kappa shape index (κ2) is 8.54. The first-order chi connectivity index (χ1) is 15.2. The van der Waals surface area contributed by atoms with Crippen LogP contribution in [0.3, 0.4) is 0 Å². The second-order valence-corrected chi connectivity index (χ2v) is 8.73. The minimum atomic E-state index is 0.529. The van der Waals surface area contributed by atoms with Gasteiger partial charge in [-0.1, -0.05) is 61.7 Å². The maximum absolute atomic E-state index is 6.18. The Morgan fingerprint density at radius 3 is 2.58 bits per heavy atom. The van der Waals surface area contributed by atoms with Crippen LogP contribution in [0.15, 0.2) is 60.8 Å². The molecule has 0 atom stereocenters. The van der Waals surface area contributed by atoms with Crippen LogP contribution in [0, 0.1) is 6.92 Å². The molecule has 4 aromatic rings. The largest absolute Gasteiger partial charge is 0.472 e. The van der Waals surface area contributed by atoms with E-state index >= 15 is 0 Å². The van der Waals surface area contributed by atoms with Crippen molar-refractivity contribution in [3.05, 3.63) is 77.5 Å². The number of para-hydroxylation sites is 1. The van der Waals surface area contributed by atoms with Gasteiger partial charge < -0.3 is 4.74 Å². The number of benzene rings is 2. The summed E-state index contributed by atoms with van der Waals surface area (Å²) in [5, 5.41) is 5.77. The van der Waals surface area contributed by atoms with E-state index in [-0.39, 0.29) is 0 Å². The van der Waals surface area contributed by atoms with Gasteiger partial charge in [-0.3, -0.25) is 4.68 Å². The number of hydrogen-bond acceptors (Lipinski definition) is 3. The molecular weight excluding hydrogens is 382 g/mol. The van der Waals surface area contributed by atoms with Crippen LogP contribution in [0.5, 0.6) is 5.88 Å². The number of ether oxygens (including phenoxy) is 1. The highest BCUT2D eigenvalue weighted by Crippen LogP contribution is 2.37. The van der Waals surface area contributed by atoms with Crippen LogP contribution < -0.4 is 4.74 Å². The van der Waals surface area contributed by atoms with Crippen LogP contribution in [0.1, 0.15) is 54.7 Å². The average molecular weight is 412 g/mol. The Balaban J connectivity index is 1.32. The molecule has 158 valence electrons. The SMILES string of the molecule is Cc1cc2ccccc2nc1-c1ccc(COc2nn(C)cc2C2CCCCC2)cc1. The van der Waals surface area contributed by atoms with Gasteiger partial charge in [0.2, 0.25) is 5.88 Å². The smallest absolute Gasteiger partial charge is 0.236 e. The molecule has 4 nitrogen and oxygen atoms in total. The summed E-state index contributed by atoms with van der Waals surface area (Å²) in [5.41, 5.74) is 6.80. The molecule has 31 heavy (non-hydrogen) atoms. The van der Waals surface area contributed by atoms with Crippen molar-refractivity contribution >= 4 is 10.9 Å². The number of hydrogen-bond donors (Lipinski definition) is 0. The second-order valence-electron chi connectivity index (χ2n) is 8.73. The fraction of sp³-hybridized carbons (Fsp3) is 0.333. The van der Waals surface area contributed by atoms with Gasteiger partial charge in [0.1, 0.15) is 6.61 Å². The molecule has 1 aliphatic carbocycles. The predicted octanol–water partition coefficient (Wildman–Crippen LogP) is 6.57. The highest BCUT2D eigenvalue weighted by Gasteiger charge is 2.22. The summed E-state index contributed by atoms with van der Waals surface area (Å²) in [7, 11) is 1.98. The Bertz CT molecular complexity index is 1190. The summed E-state index contributed by atoms with van der Waals surface area (Å²) < 4.78 is 8.06. The van der Waals surface area contributed by atoms with Crippen LogP contribution >= 0.6 is 0 Å². The van der Waals surface area contributed by atoms with Gasteiger partial charge in [-0.2, -0.15) is 0 Å². The van der Waals surface area contributed by atoms with Crippen molar-refractivity contribution in [2.24, 2.45) is 7.05 Å². The molecule has 2 heterocycles. The van der Waals surface area contributed by atoms with Gasteiger partial charge in [0.15, 0.2) is 0 Å². The summed E-state index contributed by atoms with van der Waals surface area (Å²) in [6.45, 7) is 2.65. The molecule has 0 N–H and O–H groups in total. The predicted molar refractivity (Wildman–Crippen MR) is 125 cm³/mol. The molecule has 5 rings (SSSR count). The Hall–Kier alpha value is -3.14. The number of fused-ring (bicyclic) bond motifs is 1. The summed E-state index contributed by atoms with van der Waals surface area (Å²) in [4.78, 5) is 4.89. The maximum atomic E-state index is 6.18. The Morgan fingerprint density at radius 1 is 1.00 bits per heavy atom. The molecule has 0 aliphatic heterocycles. The van der Waals surface area contributed by atoms with Crippen LogP contribution in [0.2, 0.25) is 0 Å². The summed E-state index contributed by atoms with van der Waals surface area (Å²) in [5.74, 6) is 1.38. The number of aromatic nitrogens is 3. The molecule has 2 aromatic heterocycles. The van der Waals surface area contributed by atoms with Gasteiger partial charge in [0, 0.05) is 29.8 Å². The van der Waals surface area contributed by atoms with Crippen molar-refractivity contribution in [3.8, 4) is 17.1 Å². The van der Waals surface area contributed by atoms with Gasteiger partial charge in [-0.05, 0) is 48.9 Å². The van der Waals surface area contributed by atoms with E-state index in [2.05, 4.69) is 66.8 Å². The molecule has 1 fully saturated rings. The standard InChI is InChI=1S/C27H29N3O/c1-19-16-23-10-6-7-11-25(23)28-26(19)22-14-12-20(13-15-22)18-31-27-24(17-30(2)29-27)21-8-4-3-5-9-21/h6-7,10-17,21H,3-5,8-9,18H2,1-2H3. The molecule has 0 saturated heterocycles. The fourth-order valence-electron chi connectivity index (χ4n) is 4.72. The van der Waals surface area contributed by atoms with Crippen molar-refractivity contribution in [2.75, 3.05) is 0 Å². The lowest BCUT2D eigenvalue weighted by molar-refractivity contribution is 0.283. The molecule has 0 bridgehead atoms. The molecule has 0 radical (unpaired) electrons. The zero-order valence-electron chi connectivity index (χ0n) is 18.3. The van der Waals surface area contributed by atoms with E-state index in [0.29, 0.717) is 12.5 Å². The number of nitrogens with zero attached hydrogens (tertiary/aromatic N) is 3. The lowest BCUT2D eigenvalue weighted by Gasteiger charge is -2.21. The van der Waals surface area contributed by atoms with Crippen LogP contribution in [-0.2, 0) is 13.7 Å². The van der Waals surface area contributed by atoms with Crippen LogP contribution in [-0.4, -0.2) is 14.8 Å². The Morgan fingerprint density at radius 2 is 1.77 bits per heavy atom. The van der Waals surface area contributed by atoms with E-state index in [1.165, 1.54) is 48.6 Å². The van der Waals surface area contributed by atoms with Crippen LogP contribution in [0.4, 0.5) is 0 Å². The van der Waals surface area contributed by atoms with Crippen molar-refractivity contribution in [2.45, 2.75) is 51.6 Å². The first-order valence-electron chi connectivity index (χ1n) is 11.3. The lowest BCUT2D eigenvalue weighted by Crippen LogP contribution is -2.06. The molecule has 1 saturated carbocycles. The van der Waals surface area contributed by atoms with Crippen molar-refractivity contribution in [1.82, 2.24) is 14.8 Å². The Labute approximate surface area is 183 Å². The first-order valence-corrected chi connectivity index (χ1v) is 11.3. The molecule has 0 spiro atoms. The highest BCUT2D eigenvalue weighted by atomic mass is 16.5. The summed E-state index contributed by atoms with van der Waals surface area (Å²) >= 11 is 0. The lowest BCUT2D eigenvalue weighted by atomic mass is 9.85. The zero-order chi connectivity index (χ0) is 21.2. The highest BCUT2D eigenvalue weighted by molar-refractivity contribution is 5.83. The molecule has 1 aliphatic rings. The minimum absolute atomic E-state index is 0.529. The third kappa shape index (κ3) is 4.20. The maximum Gasteiger partial charge on any atom is 0.236 e. The molecule has 2 aromatic carbocycles. The quantitative estimate of drug-likeness (QED) is 0.373. The molecule has 4 heteroatoms. The van der Waals surface area contributed by atoms with E-state index in [0.717, 1.165) is 28.2 Å². The zero-order valence-corrected chi connectivity index (χ0v) is 18.3. The van der Waals surface area contributed by atoms with Gasteiger partial charge >= 0.3 is 0 Å². The molecule has 0 amide bonds. The fourth-order valence-corrected chi connectivity index (χ4v) is 4.72. The van der Waals surface area contributed by atoms with Gasteiger partial charge in [-0.15, -0.1) is 5.10 Å². The van der Waals surface area contributed by atoms with E-state index in [1.807, 2.05) is 17.8 Å². The third-order valence-corrected chi connectivity index (χ3v) is 6.38. The molecular formula is C27H29N3O. The third-order valence-electron chi connectivity index (χ3n) is 6.38. The van der Waals surface area contributed by atoms with Crippen LogP contribution in [0.25, 0.3) is 22.2 Å². The molecule has 0 unspecified atom stereocenters. The van der Waals surface area contributed by atoms with Crippen molar-refractivity contribution in [1.29, 1.82) is 0 Å². The average Bonchev–Trinajstić information content (AvgIpc) is 3.19. The number of pyridine rings is 1. The van der Waals surface area contributed by atoms with Gasteiger partial charge in [0.05, 0.1) is 11.2 Å². The number of aryl methyl sites for hydroxylation is 2. The van der Waals surface area contributed by atoms with E-state index in [1.54, 1.807) is 0 Å². The summed E-state index contributed by atoms with van der Waals surface area (Å²) in [6, 6.07) is 19.0. The van der Waals surface area contributed by atoms with E-state index in [9.17, 15) is 0 Å². The number of rotatable bonds is 5. The minimum Gasteiger partial charge on any atom is -0.472 e. The topological polar surface area (TPSA) is 39.9 Å². The van der Waals surface area contributed by atoms with E-state index < -0.39 is 0 Å². The van der Waals surface area contributed by atoms with Crippen molar-refractivity contribution < 1.29 is 4.74 Å². The summed E-state index contributed by atoms with van der Waals surface area (Å²) in [6.07, 6.45) is 8.60. The van der Waals surface area contributed by atoms with Gasteiger partial charge in [0.25, 0.3) is 0 Å². The Kier molecular flexibility index (Phi) is 5.46. The monoisotopic (exact) mass is 411 g/mol. The van der Waals surface area contributed by atoms with E-state index in [4.69, 9.17) is 9.72 Å². The van der Waals surface area contributed by atoms with Crippen molar-refractivity contribution in [3.63, 3.8) is 0 Å². The normalized spacial score (nSPS) is 14.8. The first kappa shape index (κ1) is 19.8. The van der Waals surface area contributed by atoms with Gasteiger partial charge in [-0.25, -0.2) is 4.98 Å².